The van der Waals surface area contributed by atoms with E-state index in [0.29, 0.717) is 0 Å². The van der Waals surface area contributed by atoms with Gasteiger partial charge in [0.2, 0.25) is 0 Å². The molecule has 2 rings (SSSR count). The molecule has 1 N–H and O–H groups in total. The van der Waals surface area contributed by atoms with Gasteiger partial charge in [0, 0.05) is 13.1 Å². The molecule has 1 aromatic carbocycles. The summed E-state index contributed by atoms with van der Waals surface area (Å²) in [6.07, 6.45) is 1.31. The van der Waals surface area contributed by atoms with Gasteiger partial charge in [0.15, 0.2) is 0 Å². The maximum Gasteiger partial charge on any atom is 0.0717 e. The molecular weight excluding hydrogens is 272 g/mol. The van der Waals surface area contributed by atoms with Gasteiger partial charge in [-0.15, -0.1) is 0 Å². The molecule has 0 aromatic heterocycles. The van der Waals surface area contributed by atoms with Crippen molar-refractivity contribution in [2.24, 2.45) is 17.8 Å². The monoisotopic (exact) mass is 304 g/mol. The molecule has 3 nitrogen and oxygen atoms in total. The van der Waals surface area contributed by atoms with Crippen molar-refractivity contribution in [3.8, 4) is 0 Å². The van der Waals surface area contributed by atoms with Crippen molar-refractivity contribution in [3.05, 3.63) is 35.9 Å². The van der Waals surface area contributed by atoms with Gasteiger partial charge in [-0.05, 0) is 49.9 Å². The Hall–Kier alpha value is -0.900. The van der Waals surface area contributed by atoms with Gasteiger partial charge in [0.1, 0.15) is 0 Å². The van der Waals surface area contributed by atoms with Crippen LogP contribution in [-0.4, -0.2) is 44.7 Å². The van der Waals surface area contributed by atoms with Gasteiger partial charge in [-0.3, -0.25) is 0 Å². The molecule has 0 aliphatic heterocycles. The molecule has 1 aromatic rings. The van der Waals surface area contributed by atoms with Crippen molar-refractivity contribution in [3.63, 3.8) is 0 Å². The molecule has 0 amide bonds. The molecule has 1 saturated carbocycles. The lowest BCUT2D eigenvalue weighted by Crippen LogP contribution is -2.44. The van der Waals surface area contributed by atoms with Crippen LogP contribution in [0.5, 0.6) is 0 Å². The summed E-state index contributed by atoms with van der Waals surface area (Å²) >= 11 is 0. The van der Waals surface area contributed by atoms with Crippen molar-refractivity contribution in [1.82, 2.24) is 10.2 Å². The molecule has 3 unspecified atom stereocenters. The fourth-order valence-electron chi connectivity index (χ4n) is 3.11. The maximum absolute atomic E-state index is 5.89. The van der Waals surface area contributed by atoms with Crippen LogP contribution in [0.3, 0.4) is 0 Å². The van der Waals surface area contributed by atoms with Crippen LogP contribution in [0.2, 0.25) is 0 Å². The topological polar surface area (TPSA) is 24.5 Å². The highest BCUT2D eigenvalue weighted by molar-refractivity contribution is 5.13. The number of nitrogens with zero attached hydrogens (tertiary/aromatic N) is 1. The fraction of sp³-hybridized carbons (Fsp3) is 0.684. The average molecular weight is 304 g/mol. The average Bonchev–Trinajstić information content (AvgIpc) is 2.56. The maximum atomic E-state index is 5.89. The van der Waals surface area contributed by atoms with E-state index in [-0.39, 0.29) is 0 Å². The summed E-state index contributed by atoms with van der Waals surface area (Å²) < 4.78 is 5.89. The summed E-state index contributed by atoms with van der Waals surface area (Å²) in [5, 5.41) is 3.60. The van der Waals surface area contributed by atoms with Crippen molar-refractivity contribution >= 4 is 0 Å². The van der Waals surface area contributed by atoms with Crippen LogP contribution in [0.25, 0.3) is 0 Å². The second-order valence-electron chi connectivity index (χ2n) is 6.72. The molecule has 124 valence electrons. The Morgan fingerprint density at radius 3 is 2.68 bits per heavy atom. The predicted molar refractivity (Wildman–Crippen MR) is 92.9 cm³/mol. The van der Waals surface area contributed by atoms with Crippen LogP contribution in [-0.2, 0) is 11.3 Å². The number of ether oxygens (including phenoxy) is 1. The zero-order valence-electron chi connectivity index (χ0n) is 14.4. The van der Waals surface area contributed by atoms with E-state index in [1.807, 2.05) is 6.07 Å². The summed E-state index contributed by atoms with van der Waals surface area (Å²) in [7, 11) is 2.17. The minimum absolute atomic E-state index is 0.744. The number of benzene rings is 1. The van der Waals surface area contributed by atoms with E-state index in [9.17, 15) is 0 Å². The lowest BCUT2D eigenvalue weighted by Gasteiger charge is -2.43. The Morgan fingerprint density at radius 2 is 2.00 bits per heavy atom. The smallest absolute Gasteiger partial charge is 0.0717 e. The second-order valence-corrected chi connectivity index (χ2v) is 6.72. The normalized spacial score (nSPS) is 24.5. The van der Waals surface area contributed by atoms with E-state index in [0.717, 1.165) is 57.1 Å². The van der Waals surface area contributed by atoms with Crippen LogP contribution in [0.4, 0.5) is 0 Å². The molecule has 1 fully saturated rings. The summed E-state index contributed by atoms with van der Waals surface area (Å²) in [6.45, 7) is 10.8. The van der Waals surface area contributed by atoms with E-state index in [4.69, 9.17) is 4.74 Å². The van der Waals surface area contributed by atoms with E-state index < -0.39 is 0 Å². The number of hydrogen-bond donors (Lipinski definition) is 1. The molecule has 0 saturated heterocycles. The van der Waals surface area contributed by atoms with Gasteiger partial charge < -0.3 is 15.0 Å². The quantitative estimate of drug-likeness (QED) is 0.673. The molecule has 3 atom stereocenters. The third kappa shape index (κ3) is 5.38. The Balaban J connectivity index is 1.53. The summed E-state index contributed by atoms with van der Waals surface area (Å²) in [5.74, 6) is 2.36. The Bertz CT molecular complexity index is 409. The van der Waals surface area contributed by atoms with Gasteiger partial charge in [0.25, 0.3) is 0 Å². The largest absolute Gasteiger partial charge is 0.376 e. The van der Waals surface area contributed by atoms with E-state index in [1.165, 1.54) is 12.0 Å². The molecule has 3 heteroatoms. The molecule has 0 bridgehead atoms. The van der Waals surface area contributed by atoms with Crippen LogP contribution < -0.4 is 5.32 Å². The summed E-state index contributed by atoms with van der Waals surface area (Å²) in [5.41, 5.74) is 1.27. The van der Waals surface area contributed by atoms with E-state index in [2.05, 4.69) is 55.4 Å². The fourth-order valence-corrected chi connectivity index (χ4v) is 3.11. The first-order valence-corrected chi connectivity index (χ1v) is 8.71. The molecule has 0 spiro atoms. The number of likely N-dealkylation sites (N-methyl/N-ethyl adjacent to an activating group) is 1. The molecule has 1 aliphatic rings. The van der Waals surface area contributed by atoms with E-state index in [1.54, 1.807) is 0 Å². The van der Waals surface area contributed by atoms with Crippen LogP contribution in [0.1, 0.15) is 25.8 Å². The lowest BCUT2D eigenvalue weighted by atomic mass is 9.66. The first-order valence-electron chi connectivity index (χ1n) is 8.71. The summed E-state index contributed by atoms with van der Waals surface area (Å²) in [6, 6.07) is 10.5. The van der Waals surface area contributed by atoms with Gasteiger partial charge in [-0.25, -0.2) is 0 Å². The van der Waals surface area contributed by atoms with Gasteiger partial charge in [-0.1, -0.05) is 44.2 Å². The third-order valence-electron chi connectivity index (χ3n) is 5.15. The highest BCUT2D eigenvalue weighted by atomic mass is 16.5. The molecule has 0 heterocycles. The second kappa shape index (κ2) is 9.29. The zero-order valence-corrected chi connectivity index (χ0v) is 14.4. The van der Waals surface area contributed by atoms with Crippen molar-refractivity contribution in [2.75, 3.05) is 39.8 Å². The highest BCUT2D eigenvalue weighted by Crippen LogP contribution is 2.39. The molecular formula is C19H32N2O. The van der Waals surface area contributed by atoms with Crippen LogP contribution >= 0.6 is 0 Å². The van der Waals surface area contributed by atoms with Crippen molar-refractivity contribution < 1.29 is 4.74 Å². The number of nitrogens with one attached hydrogen (secondary N) is 1. The first kappa shape index (κ1) is 17.5. The van der Waals surface area contributed by atoms with Crippen molar-refractivity contribution in [1.29, 1.82) is 0 Å². The SMILES string of the molecule is CCN(C)CCNCC1CC(COCc2ccccc2)C1C. The number of rotatable bonds is 10. The van der Waals surface area contributed by atoms with E-state index >= 15 is 0 Å². The highest BCUT2D eigenvalue weighted by Gasteiger charge is 2.36. The molecule has 22 heavy (non-hydrogen) atoms. The minimum Gasteiger partial charge on any atom is -0.376 e. The first-order chi connectivity index (χ1) is 10.7. The van der Waals surface area contributed by atoms with Crippen LogP contribution in [0.15, 0.2) is 30.3 Å². The Morgan fingerprint density at radius 1 is 1.23 bits per heavy atom. The Kier molecular flexibility index (Phi) is 7.37. The van der Waals surface area contributed by atoms with Gasteiger partial charge in [0.05, 0.1) is 13.2 Å². The summed E-state index contributed by atoms with van der Waals surface area (Å²) in [4.78, 5) is 2.34. The van der Waals surface area contributed by atoms with Gasteiger partial charge >= 0.3 is 0 Å². The van der Waals surface area contributed by atoms with Gasteiger partial charge in [-0.2, -0.15) is 0 Å². The minimum atomic E-state index is 0.744. The zero-order chi connectivity index (χ0) is 15.8. The van der Waals surface area contributed by atoms with Crippen molar-refractivity contribution in [2.45, 2.75) is 26.9 Å². The standard InChI is InChI=1S/C19H32N2O/c1-4-21(3)11-10-20-13-18-12-19(16(18)2)15-22-14-17-8-6-5-7-9-17/h5-9,16,18-20H,4,10-15H2,1-3H3. The number of hydrogen-bond acceptors (Lipinski definition) is 3. The van der Waals surface area contributed by atoms with Crippen LogP contribution in [0, 0.1) is 17.8 Å². The Labute approximate surface area is 136 Å². The molecule has 0 radical (unpaired) electrons. The lowest BCUT2D eigenvalue weighted by molar-refractivity contribution is -0.00907. The molecule has 1 aliphatic carbocycles. The third-order valence-corrected chi connectivity index (χ3v) is 5.15. The predicted octanol–water partition coefficient (Wildman–Crippen LogP) is 3.02.